The molecule has 1 heterocycles. The zero-order valence-electron chi connectivity index (χ0n) is 11.4. The fraction of sp³-hybridized carbons (Fsp3) is 0.214. The van der Waals surface area contributed by atoms with Gasteiger partial charge in [-0.15, -0.1) is 0 Å². The van der Waals surface area contributed by atoms with Gasteiger partial charge in [0.15, 0.2) is 0 Å². The fourth-order valence-corrected chi connectivity index (χ4v) is 2.04. The molecular formula is C14H14FN3O3. The number of benzene rings is 1. The van der Waals surface area contributed by atoms with E-state index in [1.165, 1.54) is 25.3 Å². The van der Waals surface area contributed by atoms with Gasteiger partial charge in [-0.1, -0.05) is 12.1 Å². The van der Waals surface area contributed by atoms with Gasteiger partial charge in [0.25, 0.3) is 5.56 Å². The van der Waals surface area contributed by atoms with E-state index in [-0.39, 0.29) is 29.8 Å². The monoisotopic (exact) mass is 291 g/mol. The lowest BCUT2D eigenvalue weighted by molar-refractivity contribution is 0.0599. The van der Waals surface area contributed by atoms with Crippen LogP contribution in [0, 0.1) is 5.82 Å². The number of esters is 1. The quantitative estimate of drug-likeness (QED) is 0.814. The van der Waals surface area contributed by atoms with E-state index < -0.39 is 17.3 Å². The molecule has 0 atom stereocenters. The van der Waals surface area contributed by atoms with Crippen molar-refractivity contribution in [1.82, 2.24) is 10.2 Å². The van der Waals surface area contributed by atoms with Crippen LogP contribution in [0.25, 0.3) is 11.3 Å². The van der Waals surface area contributed by atoms with Crippen LogP contribution in [0.2, 0.25) is 0 Å². The van der Waals surface area contributed by atoms with E-state index in [1.807, 2.05) is 0 Å². The minimum absolute atomic E-state index is 0.0114. The molecule has 0 fully saturated rings. The minimum atomic E-state index is -0.712. The van der Waals surface area contributed by atoms with Gasteiger partial charge in [0.2, 0.25) is 0 Å². The molecule has 0 saturated carbocycles. The molecule has 7 heteroatoms. The van der Waals surface area contributed by atoms with Crippen LogP contribution in [0.1, 0.15) is 15.9 Å². The number of carbonyl (C=O) groups excluding carboxylic acids is 1. The summed E-state index contributed by atoms with van der Waals surface area (Å²) in [6.45, 7) is 0.180. The molecule has 110 valence electrons. The summed E-state index contributed by atoms with van der Waals surface area (Å²) in [6.07, 6.45) is 0.185. The third-order valence-corrected chi connectivity index (χ3v) is 2.96. The first-order chi connectivity index (χ1) is 10.1. The highest BCUT2D eigenvalue weighted by atomic mass is 19.1. The summed E-state index contributed by atoms with van der Waals surface area (Å²) < 4.78 is 18.1. The first kappa shape index (κ1) is 14.9. The SMILES string of the molecule is COC(=O)c1c(-c2cccc(F)c2)n[nH]c(=O)c1CCN. The van der Waals surface area contributed by atoms with Gasteiger partial charge in [0, 0.05) is 11.1 Å². The molecule has 1 aromatic heterocycles. The van der Waals surface area contributed by atoms with Gasteiger partial charge in [0.1, 0.15) is 11.5 Å². The Bertz CT molecular complexity index is 728. The zero-order valence-corrected chi connectivity index (χ0v) is 11.4. The molecule has 0 unspecified atom stereocenters. The number of halogens is 1. The molecule has 3 N–H and O–H groups in total. The Morgan fingerprint density at radius 3 is 2.86 bits per heavy atom. The number of hydrogen-bond acceptors (Lipinski definition) is 5. The second kappa shape index (κ2) is 6.27. The predicted octanol–water partition coefficient (Wildman–Crippen LogP) is 0.864. The Hall–Kier alpha value is -2.54. The molecule has 0 radical (unpaired) electrons. The second-order valence-electron chi connectivity index (χ2n) is 4.30. The lowest BCUT2D eigenvalue weighted by Gasteiger charge is -2.11. The highest BCUT2D eigenvalue weighted by Crippen LogP contribution is 2.23. The number of hydrogen-bond donors (Lipinski definition) is 2. The Balaban J connectivity index is 2.74. The number of nitrogens with two attached hydrogens (primary N) is 1. The van der Waals surface area contributed by atoms with Crippen molar-refractivity contribution >= 4 is 5.97 Å². The van der Waals surface area contributed by atoms with Crippen LogP contribution in [0.15, 0.2) is 29.1 Å². The number of aromatic amines is 1. The minimum Gasteiger partial charge on any atom is -0.465 e. The summed E-state index contributed by atoms with van der Waals surface area (Å²) in [5.74, 6) is -1.19. The molecule has 0 aliphatic rings. The highest BCUT2D eigenvalue weighted by Gasteiger charge is 2.22. The maximum Gasteiger partial charge on any atom is 0.340 e. The first-order valence-electron chi connectivity index (χ1n) is 6.24. The van der Waals surface area contributed by atoms with E-state index in [9.17, 15) is 14.0 Å². The molecule has 6 nitrogen and oxygen atoms in total. The number of H-pyrrole nitrogens is 1. The van der Waals surface area contributed by atoms with E-state index in [0.717, 1.165) is 0 Å². The second-order valence-corrected chi connectivity index (χ2v) is 4.30. The molecule has 2 aromatic rings. The van der Waals surface area contributed by atoms with Gasteiger partial charge in [-0.05, 0) is 25.1 Å². The summed E-state index contributed by atoms with van der Waals surface area (Å²) in [5, 5.41) is 6.15. The van der Waals surface area contributed by atoms with Gasteiger partial charge < -0.3 is 10.5 Å². The molecule has 0 aliphatic heterocycles. The first-order valence-corrected chi connectivity index (χ1v) is 6.24. The van der Waals surface area contributed by atoms with Crippen molar-refractivity contribution in [2.45, 2.75) is 6.42 Å². The lowest BCUT2D eigenvalue weighted by atomic mass is 10.0. The zero-order chi connectivity index (χ0) is 15.4. The molecule has 0 amide bonds. The van der Waals surface area contributed by atoms with Crippen LogP contribution in [-0.4, -0.2) is 29.8 Å². The molecule has 1 aromatic carbocycles. The number of nitrogens with zero attached hydrogens (tertiary/aromatic N) is 1. The van der Waals surface area contributed by atoms with Gasteiger partial charge >= 0.3 is 5.97 Å². The summed E-state index contributed by atoms with van der Waals surface area (Å²) in [6, 6.07) is 5.57. The van der Waals surface area contributed by atoms with Gasteiger partial charge in [0.05, 0.1) is 12.7 Å². The van der Waals surface area contributed by atoms with E-state index in [1.54, 1.807) is 6.07 Å². The highest BCUT2D eigenvalue weighted by molar-refractivity contribution is 5.97. The van der Waals surface area contributed by atoms with Crippen molar-refractivity contribution in [1.29, 1.82) is 0 Å². The van der Waals surface area contributed by atoms with Crippen molar-refractivity contribution in [2.75, 3.05) is 13.7 Å². The van der Waals surface area contributed by atoms with E-state index in [0.29, 0.717) is 5.56 Å². The average Bonchev–Trinajstić information content (AvgIpc) is 2.48. The van der Waals surface area contributed by atoms with Crippen molar-refractivity contribution in [3.63, 3.8) is 0 Å². The van der Waals surface area contributed by atoms with Crippen LogP contribution >= 0.6 is 0 Å². The van der Waals surface area contributed by atoms with E-state index in [4.69, 9.17) is 10.5 Å². The molecular weight excluding hydrogens is 277 g/mol. The topological polar surface area (TPSA) is 98.1 Å². The Morgan fingerprint density at radius 2 is 2.24 bits per heavy atom. The number of rotatable bonds is 4. The molecule has 21 heavy (non-hydrogen) atoms. The van der Waals surface area contributed by atoms with Crippen molar-refractivity contribution in [2.24, 2.45) is 5.73 Å². The number of aromatic nitrogens is 2. The number of ether oxygens (including phenoxy) is 1. The predicted molar refractivity (Wildman–Crippen MR) is 74.3 cm³/mol. The van der Waals surface area contributed by atoms with E-state index >= 15 is 0 Å². The maximum atomic E-state index is 13.4. The van der Waals surface area contributed by atoms with Crippen LogP contribution in [-0.2, 0) is 11.2 Å². The Kier molecular flexibility index (Phi) is 4.44. The smallest absolute Gasteiger partial charge is 0.340 e. The van der Waals surface area contributed by atoms with Crippen LogP contribution < -0.4 is 11.3 Å². The van der Waals surface area contributed by atoms with Crippen molar-refractivity contribution in [3.05, 3.63) is 51.6 Å². The van der Waals surface area contributed by atoms with Crippen LogP contribution in [0.5, 0.6) is 0 Å². The molecule has 2 rings (SSSR count). The van der Waals surface area contributed by atoms with Gasteiger partial charge in [-0.2, -0.15) is 5.10 Å². The Morgan fingerprint density at radius 1 is 1.48 bits per heavy atom. The summed E-state index contributed by atoms with van der Waals surface area (Å²) in [7, 11) is 1.20. The van der Waals surface area contributed by atoms with Crippen LogP contribution in [0.4, 0.5) is 4.39 Å². The number of carbonyl (C=O) groups is 1. The fourth-order valence-electron chi connectivity index (χ4n) is 2.04. The molecule has 0 bridgehead atoms. The maximum absolute atomic E-state index is 13.4. The van der Waals surface area contributed by atoms with E-state index in [2.05, 4.69) is 10.2 Å². The van der Waals surface area contributed by atoms with Crippen LogP contribution in [0.3, 0.4) is 0 Å². The Labute approximate surface area is 119 Å². The molecule has 0 saturated heterocycles. The number of methoxy groups -OCH3 is 1. The summed E-state index contributed by atoms with van der Waals surface area (Å²) in [4.78, 5) is 23.8. The van der Waals surface area contributed by atoms with Crippen molar-refractivity contribution in [3.8, 4) is 11.3 Å². The largest absolute Gasteiger partial charge is 0.465 e. The standard InChI is InChI=1S/C14H14FN3O3/c1-21-14(20)11-10(5-6-16)13(19)18-17-12(11)8-3-2-4-9(15)7-8/h2-4,7H,5-6,16H2,1H3,(H,18,19). The summed E-state index contributed by atoms with van der Waals surface area (Å²) in [5.41, 5.74) is 5.67. The molecule has 0 spiro atoms. The van der Waals surface area contributed by atoms with Gasteiger partial charge in [-0.3, -0.25) is 4.79 Å². The third kappa shape index (κ3) is 2.97. The van der Waals surface area contributed by atoms with Gasteiger partial charge in [-0.25, -0.2) is 14.3 Å². The average molecular weight is 291 g/mol. The summed E-state index contributed by atoms with van der Waals surface area (Å²) >= 11 is 0. The number of nitrogens with one attached hydrogen (secondary N) is 1. The third-order valence-electron chi connectivity index (χ3n) is 2.96. The van der Waals surface area contributed by atoms with Crippen molar-refractivity contribution < 1.29 is 13.9 Å². The molecule has 0 aliphatic carbocycles. The normalized spacial score (nSPS) is 10.4. The lowest BCUT2D eigenvalue weighted by Crippen LogP contribution is -2.24.